The van der Waals surface area contributed by atoms with Crippen LogP contribution in [0.1, 0.15) is 57.7 Å². The van der Waals surface area contributed by atoms with Crippen LogP contribution in [0, 0.1) is 5.92 Å². The van der Waals surface area contributed by atoms with Crippen molar-refractivity contribution < 1.29 is 67.5 Å². The largest absolute Gasteiger partial charge is 0.479 e. The van der Waals surface area contributed by atoms with Crippen LogP contribution in [0.3, 0.4) is 0 Å². The van der Waals surface area contributed by atoms with Crippen LogP contribution >= 0.6 is 11.6 Å². The molecule has 26 heteroatoms. The predicted molar refractivity (Wildman–Crippen MR) is 275 cm³/mol. The molecule has 7 heterocycles. The van der Waals surface area contributed by atoms with Crippen molar-refractivity contribution in [1.82, 2.24) is 39.8 Å². The first kappa shape index (κ1) is 55.8. The van der Waals surface area contributed by atoms with Crippen LogP contribution in [0.15, 0.2) is 67.1 Å². The van der Waals surface area contributed by atoms with Gasteiger partial charge in [-0.2, -0.15) is 4.98 Å². The lowest BCUT2D eigenvalue weighted by atomic mass is 9.95. The van der Waals surface area contributed by atoms with Gasteiger partial charge in [-0.05, 0) is 50.6 Å². The second-order valence-electron chi connectivity index (χ2n) is 19.4. The summed E-state index contributed by atoms with van der Waals surface area (Å²) in [5, 5.41) is 28.8. The highest BCUT2D eigenvalue weighted by Crippen LogP contribution is 2.34. The number of ether oxygens (including phenoxy) is 5. The van der Waals surface area contributed by atoms with Gasteiger partial charge in [0.05, 0.1) is 74.3 Å². The van der Waals surface area contributed by atoms with E-state index in [4.69, 9.17) is 40.3 Å². The lowest BCUT2D eigenvalue weighted by Gasteiger charge is -2.42. The average molecular weight is 1090 g/mol. The van der Waals surface area contributed by atoms with Crippen molar-refractivity contribution in [2.24, 2.45) is 5.92 Å². The molecule has 4 atom stereocenters. The zero-order valence-electron chi connectivity index (χ0n) is 42.8. The highest BCUT2D eigenvalue weighted by Gasteiger charge is 2.39. The molecule has 0 saturated carbocycles. The summed E-state index contributed by atoms with van der Waals surface area (Å²) in [5.74, 6) is -2.30. The summed E-state index contributed by atoms with van der Waals surface area (Å²) in [6, 6.07) is 10.1. The molecule has 25 nitrogen and oxygen atoms in total. The minimum Gasteiger partial charge on any atom is -0.479 e. The number of aliphatic hydroxyl groups excluding tert-OH is 1. The van der Waals surface area contributed by atoms with Crippen LogP contribution in [-0.2, 0) is 59.9 Å². The van der Waals surface area contributed by atoms with Crippen LogP contribution < -0.4 is 30.5 Å². The van der Waals surface area contributed by atoms with E-state index in [-0.39, 0.29) is 120 Å². The van der Waals surface area contributed by atoms with Gasteiger partial charge in [0, 0.05) is 89.3 Å². The third-order valence-electron chi connectivity index (χ3n) is 13.3. The van der Waals surface area contributed by atoms with Gasteiger partial charge >= 0.3 is 12.1 Å². The fraction of sp³-hybridized carbons (Fsp3) is 0.490. The van der Waals surface area contributed by atoms with Crippen LogP contribution in [0.5, 0.6) is 5.75 Å². The van der Waals surface area contributed by atoms with E-state index >= 15 is 0 Å². The quantitative estimate of drug-likeness (QED) is 0.0526. The summed E-state index contributed by atoms with van der Waals surface area (Å²) in [6.07, 6.45) is 3.21. The fourth-order valence-electron chi connectivity index (χ4n) is 9.07. The van der Waals surface area contributed by atoms with E-state index in [1.165, 1.54) is 30.5 Å². The number of nitrogens with zero attached hydrogens (tertiary/aromatic N) is 8. The number of carbonyl (C=O) groups excluding carboxylic acids is 6. The number of benzene rings is 1. The highest BCUT2D eigenvalue weighted by molar-refractivity contribution is 6.32. The maximum atomic E-state index is 13.5. The number of aromatic nitrogens is 4. The standard InChI is InChI=1S/C51H62ClN11O14/c1-31-27-59(15-16-61(31)49-55-25-35(52)46(57-49)60-28-33(29-60)47(69)58-51(2,3)39-26-54-40-6-4-5-14-62(39)40)50(72)75-30-32-7-8-37(76-45-24-34(64)23-38(77-45)48(70)71)36(22-32)56-42(66)11-13-53-41(65)12-18-73-20-21-74-19-17-63-43(67)9-10-44(63)68/h4-10,14,22,25-26,31,33-34,38,45,64H,11-13,15-21,23-24,27-30H2,1-3H3,(H,53,65)(H,56,66)(H,58,69)(H,70,71). The number of rotatable bonds is 23. The topological polar surface area (TPSA) is 298 Å². The van der Waals surface area contributed by atoms with Crippen molar-refractivity contribution in [1.29, 1.82) is 0 Å². The number of imide groups is 1. The van der Waals surface area contributed by atoms with Gasteiger partial charge in [-0.1, -0.05) is 23.7 Å². The van der Waals surface area contributed by atoms with E-state index < -0.39 is 53.8 Å². The Morgan fingerprint density at radius 3 is 2.43 bits per heavy atom. The minimum atomic E-state index is -1.32. The van der Waals surface area contributed by atoms with Gasteiger partial charge in [-0.3, -0.25) is 28.9 Å². The Balaban J connectivity index is 0.795. The molecule has 4 aliphatic heterocycles. The molecule has 0 radical (unpaired) electrons. The molecule has 1 aromatic carbocycles. The molecule has 3 fully saturated rings. The van der Waals surface area contributed by atoms with E-state index in [0.717, 1.165) is 16.2 Å². The summed E-state index contributed by atoms with van der Waals surface area (Å²) in [7, 11) is 0. The van der Waals surface area contributed by atoms with Crippen molar-refractivity contribution in [3.8, 4) is 5.75 Å². The molecule has 0 aliphatic carbocycles. The molecular weight excluding hydrogens is 1030 g/mol. The Kier molecular flexibility index (Phi) is 18.2. The molecule has 0 spiro atoms. The number of carboxylic acid groups (broad SMARTS) is 1. The first-order valence-electron chi connectivity index (χ1n) is 25.2. The van der Waals surface area contributed by atoms with E-state index in [0.29, 0.717) is 42.0 Å². The number of carbonyl (C=O) groups is 7. The number of amides is 6. The summed E-state index contributed by atoms with van der Waals surface area (Å²) >= 11 is 6.61. The van der Waals surface area contributed by atoms with Gasteiger partial charge in [0.25, 0.3) is 11.8 Å². The number of pyridine rings is 1. The number of piperazine rings is 1. The van der Waals surface area contributed by atoms with Gasteiger partial charge < -0.3 is 68.9 Å². The summed E-state index contributed by atoms with van der Waals surface area (Å²) in [6.45, 7) is 8.05. The molecule has 4 aliphatic rings. The lowest BCUT2D eigenvalue weighted by molar-refractivity contribution is -0.195. The molecular formula is C51H62ClN11O14. The molecule has 6 amide bonds. The number of carboxylic acids is 1. The smallest absolute Gasteiger partial charge is 0.410 e. The molecule has 0 bridgehead atoms. The Hall–Kier alpha value is -7.45. The van der Waals surface area contributed by atoms with Crippen LogP contribution in [0.2, 0.25) is 5.02 Å². The van der Waals surface area contributed by atoms with Crippen LogP contribution in [-0.4, -0.2) is 178 Å². The van der Waals surface area contributed by atoms with Gasteiger partial charge in [0.1, 0.15) is 23.0 Å². The number of halogens is 1. The second kappa shape index (κ2) is 25.1. The number of anilines is 3. The number of aliphatic hydroxyl groups is 1. The van der Waals surface area contributed by atoms with Gasteiger partial charge in [0.15, 0.2) is 11.9 Å². The molecule has 4 unspecified atom stereocenters. The van der Waals surface area contributed by atoms with Crippen molar-refractivity contribution in [2.45, 2.75) is 83.1 Å². The third-order valence-corrected chi connectivity index (χ3v) is 13.5. The lowest BCUT2D eigenvalue weighted by Crippen LogP contribution is -2.57. The van der Waals surface area contributed by atoms with Gasteiger partial charge in [-0.15, -0.1) is 0 Å². The van der Waals surface area contributed by atoms with Crippen LogP contribution in [0.4, 0.5) is 22.2 Å². The SMILES string of the molecule is CC1CN(C(=O)OCc2ccc(OC3CC(O)CC(C(=O)O)O3)c(NC(=O)CCNC(=O)CCOCCOCCN3C(=O)C=CC3=O)c2)CCN1c1ncc(Cl)c(N2CC(C(=O)NC(C)(C)c3cnc4ccccn34)C2)n1. The number of nitrogens with one attached hydrogen (secondary N) is 3. The minimum absolute atomic E-state index is 0.00916. The zero-order chi connectivity index (χ0) is 54.8. The molecule has 4 aromatic rings. The Morgan fingerprint density at radius 2 is 1.68 bits per heavy atom. The number of hydrogen-bond donors (Lipinski definition) is 5. The summed E-state index contributed by atoms with van der Waals surface area (Å²) in [5.41, 5.74) is 1.57. The first-order chi connectivity index (χ1) is 36.9. The monoisotopic (exact) mass is 1090 g/mol. The molecule has 5 N–H and O–H groups in total. The van der Waals surface area contributed by atoms with E-state index in [1.807, 2.05) is 59.4 Å². The molecule has 77 heavy (non-hydrogen) atoms. The average Bonchev–Trinajstić information content (AvgIpc) is 3.97. The second-order valence-corrected chi connectivity index (χ2v) is 19.8. The predicted octanol–water partition coefficient (Wildman–Crippen LogP) is 2.24. The van der Waals surface area contributed by atoms with Crippen molar-refractivity contribution in [2.75, 3.05) is 87.4 Å². The van der Waals surface area contributed by atoms with E-state index in [1.54, 1.807) is 17.2 Å². The van der Waals surface area contributed by atoms with Crippen molar-refractivity contribution >= 4 is 76.3 Å². The Labute approximate surface area is 447 Å². The third kappa shape index (κ3) is 14.3. The van der Waals surface area contributed by atoms with Gasteiger partial charge in [0.2, 0.25) is 30.0 Å². The van der Waals surface area contributed by atoms with E-state index in [2.05, 4.69) is 25.9 Å². The number of fused-ring (bicyclic) bond motifs is 1. The molecule has 3 saturated heterocycles. The van der Waals surface area contributed by atoms with Gasteiger partial charge in [-0.25, -0.2) is 19.6 Å². The maximum Gasteiger partial charge on any atom is 0.410 e. The Morgan fingerprint density at radius 1 is 0.909 bits per heavy atom. The summed E-state index contributed by atoms with van der Waals surface area (Å²) < 4.78 is 30.1. The molecule has 3 aromatic heterocycles. The van der Waals surface area contributed by atoms with Crippen molar-refractivity contribution in [3.05, 3.63) is 83.4 Å². The Bertz CT molecular complexity index is 2840. The normalized spacial score (nSPS) is 19.8. The fourth-order valence-corrected chi connectivity index (χ4v) is 9.28. The number of imidazole rings is 1. The van der Waals surface area contributed by atoms with Crippen LogP contribution in [0.25, 0.3) is 5.65 Å². The number of aliphatic carboxylic acids is 1. The number of hydrogen-bond acceptors (Lipinski definition) is 18. The van der Waals surface area contributed by atoms with Crippen molar-refractivity contribution in [3.63, 3.8) is 0 Å². The maximum absolute atomic E-state index is 13.5. The molecule has 412 valence electrons. The van der Waals surface area contributed by atoms with E-state index in [9.17, 15) is 43.8 Å². The first-order valence-corrected chi connectivity index (χ1v) is 25.6. The molecule has 8 rings (SSSR count). The zero-order valence-corrected chi connectivity index (χ0v) is 43.6. The summed E-state index contributed by atoms with van der Waals surface area (Å²) in [4.78, 5) is 108. The highest BCUT2D eigenvalue weighted by atomic mass is 35.5.